The molecule has 19 heavy (non-hydrogen) atoms. The quantitative estimate of drug-likeness (QED) is 0.886. The predicted molar refractivity (Wildman–Crippen MR) is 76.0 cm³/mol. The molecule has 3 heterocycles. The molecule has 0 spiro atoms. The highest BCUT2D eigenvalue weighted by atomic mass is 32.1. The third-order valence-corrected chi connectivity index (χ3v) is 5.06. The molecule has 1 aromatic rings. The van der Waals surface area contributed by atoms with Crippen molar-refractivity contribution < 1.29 is 4.79 Å². The number of piperidine rings is 1. The number of fused-ring (bicyclic) bond motifs is 2. The van der Waals surface area contributed by atoms with Crippen LogP contribution in [0.3, 0.4) is 0 Å². The van der Waals surface area contributed by atoms with Crippen molar-refractivity contribution in [1.82, 2.24) is 15.6 Å². The molecule has 4 nitrogen and oxygen atoms in total. The van der Waals surface area contributed by atoms with E-state index in [2.05, 4.69) is 15.6 Å². The first kappa shape index (κ1) is 13.1. The van der Waals surface area contributed by atoms with E-state index >= 15 is 0 Å². The lowest BCUT2D eigenvalue weighted by Crippen LogP contribution is -2.39. The number of hydrogen-bond acceptors (Lipinski definition) is 4. The Labute approximate surface area is 118 Å². The topological polar surface area (TPSA) is 54.0 Å². The Morgan fingerprint density at radius 3 is 2.84 bits per heavy atom. The molecule has 2 N–H and O–H groups in total. The molecular weight excluding hydrogens is 258 g/mol. The van der Waals surface area contributed by atoms with Crippen LogP contribution >= 0.6 is 11.3 Å². The van der Waals surface area contributed by atoms with Crippen LogP contribution in [0.4, 0.5) is 0 Å². The number of rotatable bonds is 4. The normalized spacial score (nSPS) is 29.4. The Hall–Kier alpha value is -0.940. The molecule has 104 valence electrons. The van der Waals surface area contributed by atoms with Crippen LogP contribution in [-0.4, -0.2) is 23.0 Å². The Kier molecular flexibility index (Phi) is 3.84. The number of nitrogens with zero attached hydrogens (tertiary/aromatic N) is 1. The van der Waals surface area contributed by atoms with E-state index in [0.717, 1.165) is 5.01 Å². The summed E-state index contributed by atoms with van der Waals surface area (Å²) in [6, 6.07) is 1.33. The number of aromatic nitrogens is 1. The standard InChI is InChI=1S/C14H21N3OS/c1-9-7-16-14(19-9)8-15-13(18)6-10-4-11-2-3-12(5-10)17-11/h7,10-12,17H,2-6,8H2,1H3,(H,15,18). The average Bonchev–Trinajstić information content (AvgIpc) is 2.93. The van der Waals surface area contributed by atoms with Gasteiger partial charge in [0, 0.05) is 29.6 Å². The summed E-state index contributed by atoms with van der Waals surface area (Å²) in [6.07, 6.45) is 7.46. The van der Waals surface area contributed by atoms with E-state index in [9.17, 15) is 4.79 Å². The molecule has 2 aliphatic rings. The van der Waals surface area contributed by atoms with Gasteiger partial charge in [0.15, 0.2) is 0 Å². The monoisotopic (exact) mass is 279 g/mol. The molecule has 0 saturated carbocycles. The number of thiazole rings is 1. The Morgan fingerprint density at radius 1 is 1.47 bits per heavy atom. The first-order valence-electron chi connectivity index (χ1n) is 7.13. The Morgan fingerprint density at radius 2 is 2.21 bits per heavy atom. The molecule has 1 aromatic heterocycles. The average molecular weight is 279 g/mol. The van der Waals surface area contributed by atoms with Crippen LogP contribution in [0.2, 0.25) is 0 Å². The smallest absolute Gasteiger partial charge is 0.220 e. The molecule has 2 saturated heterocycles. The number of aryl methyl sites for hydroxylation is 1. The highest BCUT2D eigenvalue weighted by Crippen LogP contribution is 2.32. The van der Waals surface area contributed by atoms with Crippen molar-refractivity contribution in [2.24, 2.45) is 5.92 Å². The molecule has 2 unspecified atom stereocenters. The zero-order valence-corrected chi connectivity index (χ0v) is 12.1. The molecule has 0 aromatic carbocycles. The third kappa shape index (κ3) is 3.34. The molecule has 0 aliphatic carbocycles. The minimum atomic E-state index is 0.180. The lowest BCUT2D eigenvalue weighted by molar-refractivity contribution is -0.122. The number of hydrogen-bond donors (Lipinski definition) is 2. The van der Waals surface area contributed by atoms with E-state index in [1.807, 2.05) is 13.1 Å². The van der Waals surface area contributed by atoms with Gasteiger partial charge in [-0.2, -0.15) is 0 Å². The lowest BCUT2D eigenvalue weighted by Gasteiger charge is -2.28. The Bertz CT molecular complexity index is 447. The summed E-state index contributed by atoms with van der Waals surface area (Å²) in [6.45, 7) is 2.61. The summed E-state index contributed by atoms with van der Waals surface area (Å²) >= 11 is 1.65. The second-order valence-electron chi connectivity index (χ2n) is 5.82. The van der Waals surface area contributed by atoms with Crippen LogP contribution in [-0.2, 0) is 11.3 Å². The van der Waals surface area contributed by atoms with Crippen molar-refractivity contribution in [2.45, 2.75) is 57.7 Å². The van der Waals surface area contributed by atoms with Gasteiger partial charge >= 0.3 is 0 Å². The minimum absolute atomic E-state index is 0.180. The van der Waals surface area contributed by atoms with Crippen LogP contribution < -0.4 is 10.6 Å². The predicted octanol–water partition coefficient (Wildman–Crippen LogP) is 1.99. The highest BCUT2D eigenvalue weighted by molar-refractivity contribution is 7.11. The number of carbonyl (C=O) groups excluding carboxylic acids is 1. The fraction of sp³-hybridized carbons (Fsp3) is 0.714. The largest absolute Gasteiger partial charge is 0.350 e. The van der Waals surface area contributed by atoms with Gasteiger partial charge in [0.2, 0.25) is 5.91 Å². The van der Waals surface area contributed by atoms with E-state index in [4.69, 9.17) is 0 Å². The zero-order chi connectivity index (χ0) is 13.2. The van der Waals surface area contributed by atoms with Gasteiger partial charge < -0.3 is 10.6 Å². The molecule has 3 rings (SSSR count). The minimum Gasteiger partial charge on any atom is -0.350 e. The summed E-state index contributed by atoms with van der Waals surface area (Å²) in [5.41, 5.74) is 0. The fourth-order valence-corrected chi connectivity index (χ4v) is 4.06. The number of nitrogens with one attached hydrogen (secondary N) is 2. The van der Waals surface area contributed by atoms with Crippen molar-refractivity contribution in [1.29, 1.82) is 0 Å². The maximum absolute atomic E-state index is 12.0. The van der Waals surface area contributed by atoms with E-state index in [1.165, 1.54) is 30.6 Å². The SMILES string of the molecule is Cc1cnc(CNC(=O)CC2CC3CCC(C2)N3)s1. The van der Waals surface area contributed by atoms with Gasteiger partial charge in [0.05, 0.1) is 6.54 Å². The number of carbonyl (C=O) groups is 1. The maximum atomic E-state index is 12.0. The molecule has 1 amide bonds. The van der Waals surface area contributed by atoms with Crippen molar-refractivity contribution in [3.63, 3.8) is 0 Å². The molecule has 2 bridgehead atoms. The first-order valence-corrected chi connectivity index (χ1v) is 7.95. The van der Waals surface area contributed by atoms with Crippen LogP contribution in [0.1, 0.15) is 42.0 Å². The van der Waals surface area contributed by atoms with Gasteiger partial charge in [0.25, 0.3) is 0 Å². The third-order valence-electron chi connectivity index (χ3n) is 4.15. The van der Waals surface area contributed by atoms with Crippen LogP contribution in [0.5, 0.6) is 0 Å². The van der Waals surface area contributed by atoms with E-state index in [1.54, 1.807) is 11.3 Å². The van der Waals surface area contributed by atoms with Crippen LogP contribution in [0.25, 0.3) is 0 Å². The van der Waals surface area contributed by atoms with Crippen molar-refractivity contribution in [3.8, 4) is 0 Å². The summed E-state index contributed by atoms with van der Waals surface area (Å²) < 4.78 is 0. The van der Waals surface area contributed by atoms with E-state index in [-0.39, 0.29) is 5.91 Å². The van der Waals surface area contributed by atoms with E-state index < -0.39 is 0 Å². The van der Waals surface area contributed by atoms with Gasteiger partial charge in [0.1, 0.15) is 5.01 Å². The second-order valence-corrected chi connectivity index (χ2v) is 7.14. The maximum Gasteiger partial charge on any atom is 0.220 e. The molecule has 2 atom stereocenters. The van der Waals surface area contributed by atoms with Gasteiger partial charge in [-0.05, 0) is 38.5 Å². The summed E-state index contributed by atoms with van der Waals surface area (Å²) in [5.74, 6) is 0.746. The van der Waals surface area contributed by atoms with Crippen molar-refractivity contribution >= 4 is 17.2 Å². The fourth-order valence-electron chi connectivity index (χ4n) is 3.33. The summed E-state index contributed by atoms with van der Waals surface area (Å²) in [4.78, 5) is 17.4. The van der Waals surface area contributed by atoms with Gasteiger partial charge in [-0.15, -0.1) is 11.3 Å². The highest BCUT2D eigenvalue weighted by Gasteiger charge is 2.34. The molecule has 5 heteroatoms. The summed E-state index contributed by atoms with van der Waals surface area (Å²) in [5, 5.41) is 7.61. The van der Waals surface area contributed by atoms with Crippen LogP contribution in [0, 0.1) is 12.8 Å². The summed E-state index contributed by atoms with van der Waals surface area (Å²) in [7, 11) is 0. The van der Waals surface area contributed by atoms with Gasteiger partial charge in [-0.25, -0.2) is 4.98 Å². The van der Waals surface area contributed by atoms with Gasteiger partial charge in [-0.1, -0.05) is 0 Å². The van der Waals surface area contributed by atoms with Gasteiger partial charge in [-0.3, -0.25) is 4.79 Å². The van der Waals surface area contributed by atoms with Crippen molar-refractivity contribution in [2.75, 3.05) is 0 Å². The molecular formula is C14H21N3OS. The number of amides is 1. The van der Waals surface area contributed by atoms with E-state index in [0.29, 0.717) is 31.0 Å². The molecule has 0 radical (unpaired) electrons. The second kappa shape index (κ2) is 5.59. The molecule has 2 aliphatic heterocycles. The molecule has 2 fully saturated rings. The lowest BCUT2D eigenvalue weighted by atomic mass is 9.89. The zero-order valence-electron chi connectivity index (χ0n) is 11.3. The first-order chi connectivity index (χ1) is 9.19. The van der Waals surface area contributed by atoms with Crippen molar-refractivity contribution in [3.05, 3.63) is 16.1 Å². The van der Waals surface area contributed by atoms with Crippen LogP contribution in [0.15, 0.2) is 6.20 Å². The Balaban J connectivity index is 1.44.